The second kappa shape index (κ2) is 11.8. The zero-order valence-electron chi connectivity index (χ0n) is 21.5. The molecule has 0 atom stereocenters. The van der Waals surface area contributed by atoms with Crippen molar-refractivity contribution in [2.45, 2.75) is 32.1 Å². The van der Waals surface area contributed by atoms with E-state index in [-0.39, 0.29) is 41.9 Å². The fraction of sp³-hybridized carbons (Fsp3) is 0.448. The summed E-state index contributed by atoms with van der Waals surface area (Å²) >= 11 is 0. The van der Waals surface area contributed by atoms with Crippen molar-refractivity contribution < 1.29 is 23.9 Å². The number of likely N-dealkylation sites (tertiary alicyclic amines) is 1. The van der Waals surface area contributed by atoms with Gasteiger partial charge in [0.05, 0.1) is 19.6 Å². The van der Waals surface area contributed by atoms with Gasteiger partial charge in [-0.2, -0.15) is 0 Å². The molecule has 1 aliphatic carbocycles. The molecule has 2 aromatic carbocycles. The average Bonchev–Trinajstić information content (AvgIpc) is 3.79. The number of hydrogen-bond acceptors (Lipinski definition) is 5. The van der Waals surface area contributed by atoms with Crippen molar-refractivity contribution in [3.05, 3.63) is 59.7 Å². The summed E-state index contributed by atoms with van der Waals surface area (Å²) in [6.45, 7) is 3.44. The second-order valence-electron chi connectivity index (χ2n) is 10.3. The molecule has 0 radical (unpaired) electrons. The third kappa shape index (κ3) is 6.58. The highest BCUT2D eigenvalue weighted by molar-refractivity contribution is 5.98. The molecule has 0 spiro atoms. The molecule has 38 heavy (non-hydrogen) atoms. The standard InChI is InChI=1S/C29H34N4O5/c34-26(30-25-6-2-4-23(19-25)29(37)33-13-15-38-16-14-33)18-20-3-1-5-24(17-20)31-27(35)21-9-11-32(12-10-21)28(36)22-7-8-22/h1-6,17,19,21-22H,7-16,18H2,(H,30,34)(H,31,35). The van der Waals surface area contributed by atoms with Gasteiger partial charge in [-0.25, -0.2) is 0 Å². The first-order chi connectivity index (χ1) is 18.5. The minimum atomic E-state index is -0.211. The van der Waals surface area contributed by atoms with Crippen LogP contribution >= 0.6 is 0 Å². The Morgan fingerprint density at radius 2 is 1.45 bits per heavy atom. The van der Waals surface area contributed by atoms with Crippen molar-refractivity contribution in [1.29, 1.82) is 0 Å². The van der Waals surface area contributed by atoms with Crippen molar-refractivity contribution >= 4 is 35.0 Å². The van der Waals surface area contributed by atoms with Gasteiger partial charge in [-0.15, -0.1) is 0 Å². The molecule has 3 fully saturated rings. The lowest BCUT2D eigenvalue weighted by Gasteiger charge is -2.31. The van der Waals surface area contributed by atoms with Crippen LogP contribution in [0.1, 0.15) is 41.6 Å². The number of morpholine rings is 1. The Balaban J connectivity index is 1.12. The molecule has 2 aliphatic heterocycles. The topological polar surface area (TPSA) is 108 Å². The Hall–Kier alpha value is -3.72. The lowest BCUT2D eigenvalue weighted by molar-refractivity contribution is -0.135. The van der Waals surface area contributed by atoms with Crippen LogP contribution in [0, 0.1) is 11.8 Å². The Kier molecular flexibility index (Phi) is 8.03. The van der Waals surface area contributed by atoms with E-state index in [1.165, 1.54) is 0 Å². The molecule has 2 heterocycles. The fourth-order valence-corrected chi connectivity index (χ4v) is 5.02. The molecule has 200 valence electrons. The summed E-state index contributed by atoms with van der Waals surface area (Å²) in [7, 11) is 0. The summed E-state index contributed by atoms with van der Waals surface area (Å²) in [4.78, 5) is 54.2. The predicted octanol–water partition coefficient (Wildman–Crippen LogP) is 2.93. The summed E-state index contributed by atoms with van der Waals surface area (Å²) in [6, 6.07) is 14.2. The van der Waals surface area contributed by atoms with E-state index in [2.05, 4.69) is 10.6 Å². The van der Waals surface area contributed by atoms with E-state index >= 15 is 0 Å². The molecule has 2 saturated heterocycles. The van der Waals surface area contributed by atoms with Gasteiger partial charge >= 0.3 is 0 Å². The van der Waals surface area contributed by atoms with E-state index in [1.807, 2.05) is 29.2 Å². The minimum absolute atomic E-state index is 0.0492. The van der Waals surface area contributed by atoms with Crippen LogP contribution in [0.5, 0.6) is 0 Å². The first-order valence-electron chi connectivity index (χ1n) is 13.4. The maximum atomic E-state index is 12.8. The van der Waals surface area contributed by atoms with E-state index in [0.717, 1.165) is 18.4 Å². The lowest BCUT2D eigenvalue weighted by atomic mass is 9.95. The van der Waals surface area contributed by atoms with E-state index in [0.29, 0.717) is 69.2 Å². The van der Waals surface area contributed by atoms with Crippen molar-refractivity contribution in [3.8, 4) is 0 Å². The number of carbonyl (C=O) groups is 4. The smallest absolute Gasteiger partial charge is 0.254 e. The van der Waals surface area contributed by atoms with Gasteiger partial charge in [0.1, 0.15) is 0 Å². The number of nitrogens with zero attached hydrogens (tertiary/aromatic N) is 2. The maximum Gasteiger partial charge on any atom is 0.254 e. The number of nitrogens with one attached hydrogen (secondary N) is 2. The van der Waals surface area contributed by atoms with E-state index in [9.17, 15) is 19.2 Å². The summed E-state index contributed by atoms with van der Waals surface area (Å²) in [5.74, 6) is -0.0122. The number of amides is 4. The van der Waals surface area contributed by atoms with Crippen molar-refractivity contribution in [2.75, 3.05) is 50.0 Å². The van der Waals surface area contributed by atoms with Crippen molar-refractivity contribution in [3.63, 3.8) is 0 Å². The van der Waals surface area contributed by atoms with Gasteiger partial charge in [-0.3, -0.25) is 19.2 Å². The van der Waals surface area contributed by atoms with Gasteiger partial charge in [0.15, 0.2) is 0 Å². The largest absolute Gasteiger partial charge is 0.378 e. The molecule has 9 nitrogen and oxygen atoms in total. The number of rotatable bonds is 7. The first kappa shape index (κ1) is 25.9. The third-order valence-electron chi connectivity index (χ3n) is 7.35. The number of benzene rings is 2. The molecule has 2 N–H and O–H groups in total. The van der Waals surface area contributed by atoms with Crippen molar-refractivity contribution in [2.24, 2.45) is 11.8 Å². The number of carbonyl (C=O) groups excluding carboxylic acids is 4. The third-order valence-corrected chi connectivity index (χ3v) is 7.35. The van der Waals surface area contributed by atoms with E-state index < -0.39 is 0 Å². The van der Waals surface area contributed by atoms with Crippen LogP contribution in [-0.4, -0.2) is 72.8 Å². The normalized spacial score (nSPS) is 18.1. The maximum absolute atomic E-state index is 12.8. The Bertz CT molecular complexity index is 1200. The summed E-state index contributed by atoms with van der Waals surface area (Å²) < 4.78 is 5.31. The van der Waals surface area contributed by atoms with Gasteiger partial charge in [0, 0.05) is 55.0 Å². The SMILES string of the molecule is O=C(Cc1cccc(NC(=O)C2CCN(C(=O)C3CC3)CC2)c1)Nc1cccc(C(=O)N2CCOCC2)c1. The van der Waals surface area contributed by atoms with Crippen LogP contribution in [0.4, 0.5) is 11.4 Å². The molecule has 0 bridgehead atoms. The Labute approximate surface area is 222 Å². The van der Waals surface area contributed by atoms with Gasteiger partial charge in [0.25, 0.3) is 5.91 Å². The summed E-state index contributed by atoms with van der Waals surface area (Å²) in [6.07, 6.45) is 3.45. The molecule has 2 aromatic rings. The van der Waals surface area contributed by atoms with Gasteiger partial charge in [-0.05, 0) is 61.6 Å². The highest BCUT2D eigenvalue weighted by Crippen LogP contribution is 2.32. The predicted molar refractivity (Wildman–Crippen MR) is 143 cm³/mol. The molecule has 3 aliphatic rings. The van der Waals surface area contributed by atoms with E-state index in [4.69, 9.17) is 4.74 Å². The lowest BCUT2D eigenvalue weighted by Crippen LogP contribution is -2.42. The molecule has 0 aromatic heterocycles. The quantitative estimate of drug-likeness (QED) is 0.586. The molecular formula is C29H34N4O5. The van der Waals surface area contributed by atoms with Crippen LogP contribution in [0.25, 0.3) is 0 Å². The molecule has 1 saturated carbocycles. The molecule has 9 heteroatoms. The molecular weight excluding hydrogens is 484 g/mol. The zero-order valence-corrected chi connectivity index (χ0v) is 21.5. The van der Waals surface area contributed by atoms with Crippen LogP contribution < -0.4 is 10.6 Å². The van der Waals surface area contributed by atoms with Crippen LogP contribution in [0.15, 0.2) is 48.5 Å². The Morgan fingerprint density at radius 3 is 2.16 bits per heavy atom. The van der Waals surface area contributed by atoms with Crippen LogP contribution in [0.2, 0.25) is 0 Å². The summed E-state index contributed by atoms with van der Waals surface area (Å²) in [5, 5.41) is 5.85. The van der Waals surface area contributed by atoms with Gasteiger partial charge in [0.2, 0.25) is 17.7 Å². The first-order valence-corrected chi connectivity index (χ1v) is 13.4. The monoisotopic (exact) mass is 518 g/mol. The van der Waals surface area contributed by atoms with Crippen LogP contribution in [0.3, 0.4) is 0 Å². The average molecular weight is 519 g/mol. The second-order valence-corrected chi connectivity index (χ2v) is 10.3. The number of ether oxygens (including phenoxy) is 1. The highest BCUT2D eigenvalue weighted by Gasteiger charge is 2.36. The molecule has 4 amide bonds. The van der Waals surface area contributed by atoms with Crippen LogP contribution in [-0.2, 0) is 25.5 Å². The zero-order chi connectivity index (χ0) is 26.5. The van der Waals surface area contributed by atoms with Crippen molar-refractivity contribution in [1.82, 2.24) is 9.80 Å². The Morgan fingerprint density at radius 1 is 0.763 bits per heavy atom. The number of anilines is 2. The fourth-order valence-electron chi connectivity index (χ4n) is 5.02. The minimum Gasteiger partial charge on any atom is -0.378 e. The van der Waals surface area contributed by atoms with E-state index in [1.54, 1.807) is 29.2 Å². The molecule has 0 unspecified atom stereocenters. The number of piperidine rings is 1. The van der Waals surface area contributed by atoms with Gasteiger partial charge < -0.3 is 25.2 Å². The number of hydrogen-bond donors (Lipinski definition) is 2. The summed E-state index contributed by atoms with van der Waals surface area (Å²) in [5.41, 5.74) is 2.50. The highest BCUT2D eigenvalue weighted by atomic mass is 16.5. The van der Waals surface area contributed by atoms with Gasteiger partial charge in [-0.1, -0.05) is 18.2 Å². The molecule has 5 rings (SSSR count).